The largest absolute Gasteiger partial charge is 0.418 e. The fourth-order valence-corrected chi connectivity index (χ4v) is 3.85. The van der Waals surface area contributed by atoms with E-state index in [2.05, 4.69) is 10.5 Å². The van der Waals surface area contributed by atoms with Crippen LogP contribution in [0, 0.1) is 11.8 Å². The number of rotatable bonds is 6. The van der Waals surface area contributed by atoms with Crippen molar-refractivity contribution in [2.45, 2.75) is 38.3 Å². The SMILES string of the molecule is CCC/C(=N\NC=O)c1ccc(N2CC3CC(C2)C3(F)F)c(C(F)(F)F)c1. The Kier molecular flexibility index (Phi) is 5.14. The minimum Gasteiger partial charge on any atom is -0.370 e. The Bertz CT molecular complexity index is 733. The van der Waals surface area contributed by atoms with Gasteiger partial charge < -0.3 is 4.90 Å². The number of piperidine rings is 2. The number of nitrogens with zero attached hydrogens (tertiary/aromatic N) is 2. The van der Waals surface area contributed by atoms with Gasteiger partial charge in [0.05, 0.1) is 11.3 Å². The average Bonchev–Trinajstić information content (AvgIpc) is 2.64. The van der Waals surface area contributed by atoms with E-state index in [1.54, 1.807) is 0 Å². The molecule has 1 N–H and O–H groups in total. The molecule has 3 aliphatic rings. The van der Waals surface area contributed by atoms with E-state index < -0.39 is 29.5 Å². The highest BCUT2D eigenvalue weighted by Crippen LogP contribution is 2.54. The molecule has 148 valence electrons. The smallest absolute Gasteiger partial charge is 0.370 e. The molecule has 27 heavy (non-hydrogen) atoms. The summed E-state index contributed by atoms with van der Waals surface area (Å²) in [4.78, 5) is 11.9. The van der Waals surface area contributed by atoms with E-state index in [-0.39, 0.29) is 24.3 Å². The monoisotopic (exact) mass is 389 g/mol. The van der Waals surface area contributed by atoms with E-state index in [1.165, 1.54) is 17.0 Å². The lowest BCUT2D eigenvalue weighted by Crippen LogP contribution is -2.63. The van der Waals surface area contributed by atoms with Gasteiger partial charge in [-0.2, -0.15) is 18.3 Å². The van der Waals surface area contributed by atoms with Crippen molar-refractivity contribution in [2.24, 2.45) is 16.9 Å². The zero-order chi connectivity index (χ0) is 19.8. The molecule has 1 aromatic rings. The third-order valence-corrected chi connectivity index (χ3v) is 5.25. The van der Waals surface area contributed by atoms with Crippen LogP contribution in [0.3, 0.4) is 0 Å². The maximum absolute atomic E-state index is 13.7. The molecule has 2 aliphatic heterocycles. The number of hydrogen-bond acceptors (Lipinski definition) is 3. The van der Waals surface area contributed by atoms with E-state index in [9.17, 15) is 26.7 Å². The maximum atomic E-state index is 13.7. The Hall–Kier alpha value is -2.19. The van der Waals surface area contributed by atoms with Gasteiger partial charge in [-0.05, 0) is 30.5 Å². The Morgan fingerprint density at radius 2 is 2.00 bits per heavy atom. The van der Waals surface area contributed by atoms with Crippen LogP contribution in [0.5, 0.6) is 0 Å². The van der Waals surface area contributed by atoms with Crippen LogP contribution in [0.4, 0.5) is 27.6 Å². The maximum Gasteiger partial charge on any atom is 0.418 e. The van der Waals surface area contributed by atoms with Gasteiger partial charge >= 0.3 is 6.18 Å². The molecule has 2 heterocycles. The number of nitrogens with one attached hydrogen (secondary N) is 1. The van der Waals surface area contributed by atoms with Gasteiger partial charge in [-0.1, -0.05) is 19.4 Å². The van der Waals surface area contributed by atoms with Gasteiger partial charge in [-0.25, -0.2) is 14.2 Å². The molecule has 4 nitrogen and oxygen atoms in total. The summed E-state index contributed by atoms with van der Waals surface area (Å²) in [7, 11) is 0. The summed E-state index contributed by atoms with van der Waals surface area (Å²) >= 11 is 0. The minimum atomic E-state index is -4.63. The lowest BCUT2D eigenvalue weighted by atomic mass is 9.67. The van der Waals surface area contributed by atoms with Crippen LogP contribution < -0.4 is 10.3 Å². The lowest BCUT2D eigenvalue weighted by molar-refractivity contribution is -0.194. The summed E-state index contributed by atoms with van der Waals surface area (Å²) < 4.78 is 68.5. The molecule has 0 radical (unpaired) electrons. The molecule has 1 amide bonds. The third-order valence-electron chi connectivity index (χ3n) is 5.25. The lowest BCUT2D eigenvalue weighted by Gasteiger charge is -2.54. The predicted octanol–water partition coefficient (Wildman–Crippen LogP) is 4.05. The Morgan fingerprint density at radius 1 is 1.33 bits per heavy atom. The molecule has 9 heteroatoms. The molecule has 4 rings (SSSR count). The zero-order valence-corrected chi connectivity index (χ0v) is 14.7. The molecule has 1 saturated carbocycles. The van der Waals surface area contributed by atoms with Gasteiger partial charge in [0, 0.05) is 30.6 Å². The number of anilines is 1. The Balaban J connectivity index is 1.95. The second-order valence-corrected chi connectivity index (χ2v) is 6.99. The number of benzene rings is 1. The van der Waals surface area contributed by atoms with Crippen molar-refractivity contribution in [1.82, 2.24) is 5.43 Å². The number of fused-ring (bicyclic) bond motifs is 2. The number of carbonyl (C=O) groups excluding carboxylic acids is 1. The summed E-state index contributed by atoms with van der Waals surface area (Å²) in [5.41, 5.74) is 1.73. The Labute approximate surface area is 153 Å². The summed E-state index contributed by atoms with van der Waals surface area (Å²) in [6.07, 6.45) is -2.92. The van der Waals surface area contributed by atoms with E-state index in [1.807, 2.05) is 6.92 Å². The molecule has 2 atom stereocenters. The fraction of sp³-hybridized carbons (Fsp3) is 0.556. The second-order valence-electron chi connectivity index (χ2n) is 6.99. The zero-order valence-electron chi connectivity index (χ0n) is 14.7. The summed E-state index contributed by atoms with van der Waals surface area (Å²) in [5, 5.41) is 3.82. The third kappa shape index (κ3) is 3.64. The minimum absolute atomic E-state index is 0.0874. The summed E-state index contributed by atoms with van der Waals surface area (Å²) in [6, 6.07) is 3.78. The fourth-order valence-electron chi connectivity index (χ4n) is 3.85. The van der Waals surface area contributed by atoms with Gasteiger partial charge in [0.2, 0.25) is 6.41 Å². The van der Waals surface area contributed by atoms with Crippen LogP contribution in [-0.4, -0.2) is 31.1 Å². The molecule has 1 aromatic carbocycles. The molecule has 2 saturated heterocycles. The van der Waals surface area contributed by atoms with Crippen molar-refractivity contribution in [1.29, 1.82) is 0 Å². The molecular weight excluding hydrogens is 369 g/mol. The highest BCUT2D eigenvalue weighted by molar-refractivity contribution is 6.01. The predicted molar refractivity (Wildman–Crippen MR) is 90.8 cm³/mol. The summed E-state index contributed by atoms with van der Waals surface area (Å²) in [5.74, 6) is -4.58. The van der Waals surface area contributed by atoms with E-state index in [0.29, 0.717) is 31.4 Å². The van der Waals surface area contributed by atoms with Gasteiger partial charge in [0.1, 0.15) is 0 Å². The standard InChI is InChI=1S/C18H20F5N3O/c1-2-3-15(25-24-10-27)11-4-5-16(14(6-11)18(21,22)23)26-8-12-7-13(9-26)17(12,19)20/h4-6,10,12-13H,2-3,7-9H2,1H3,(H,24,27)/b25-15+. The second kappa shape index (κ2) is 7.09. The van der Waals surface area contributed by atoms with Crippen molar-refractivity contribution in [2.75, 3.05) is 18.0 Å². The molecule has 2 bridgehead atoms. The number of carbonyl (C=O) groups is 1. The quantitative estimate of drug-likeness (QED) is 0.345. The van der Waals surface area contributed by atoms with E-state index in [0.717, 1.165) is 6.07 Å². The van der Waals surface area contributed by atoms with Crippen molar-refractivity contribution >= 4 is 17.8 Å². The van der Waals surface area contributed by atoms with Gasteiger partial charge in [-0.15, -0.1) is 0 Å². The number of halogens is 5. The number of amides is 1. The summed E-state index contributed by atoms with van der Waals surface area (Å²) in [6.45, 7) is 1.67. The topological polar surface area (TPSA) is 44.7 Å². The van der Waals surface area contributed by atoms with Crippen LogP contribution >= 0.6 is 0 Å². The van der Waals surface area contributed by atoms with Crippen molar-refractivity contribution < 1.29 is 26.7 Å². The first-order valence-electron chi connectivity index (χ1n) is 8.78. The van der Waals surface area contributed by atoms with Crippen LogP contribution in [0.2, 0.25) is 0 Å². The Morgan fingerprint density at radius 3 is 2.52 bits per heavy atom. The van der Waals surface area contributed by atoms with Crippen molar-refractivity contribution in [3.63, 3.8) is 0 Å². The van der Waals surface area contributed by atoms with Crippen LogP contribution in [0.15, 0.2) is 23.3 Å². The molecular formula is C18H20F5N3O. The highest BCUT2D eigenvalue weighted by atomic mass is 19.4. The first-order valence-corrected chi connectivity index (χ1v) is 8.78. The van der Waals surface area contributed by atoms with Crippen LogP contribution in [-0.2, 0) is 11.0 Å². The van der Waals surface area contributed by atoms with Gasteiger partial charge in [0.15, 0.2) is 0 Å². The number of hydrogen-bond donors (Lipinski definition) is 1. The van der Waals surface area contributed by atoms with Gasteiger partial charge in [-0.3, -0.25) is 4.79 Å². The first kappa shape index (κ1) is 19.6. The first-order chi connectivity index (χ1) is 12.7. The molecule has 0 spiro atoms. The number of alkyl halides is 5. The highest BCUT2D eigenvalue weighted by Gasteiger charge is 2.61. The van der Waals surface area contributed by atoms with E-state index >= 15 is 0 Å². The molecule has 0 aromatic heterocycles. The average molecular weight is 389 g/mol. The normalized spacial score (nSPS) is 24.4. The van der Waals surface area contributed by atoms with Gasteiger partial charge in [0.25, 0.3) is 5.92 Å². The number of hydrazone groups is 1. The molecule has 3 fully saturated rings. The van der Waals surface area contributed by atoms with Crippen molar-refractivity contribution in [3.05, 3.63) is 29.3 Å². The van der Waals surface area contributed by atoms with Crippen LogP contribution in [0.1, 0.15) is 37.3 Å². The molecule has 2 unspecified atom stereocenters. The van der Waals surface area contributed by atoms with Crippen LogP contribution in [0.25, 0.3) is 0 Å². The molecule has 1 aliphatic carbocycles. The van der Waals surface area contributed by atoms with E-state index in [4.69, 9.17) is 0 Å². The van der Waals surface area contributed by atoms with Crippen molar-refractivity contribution in [3.8, 4) is 0 Å².